The van der Waals surface area contributed by atoms with Crippen LogP contribution in [0.15, 0.2) is 54.6 Å². The second kappa shape index (κ2) is 7.68. The van der Waals surface area contributed by atoms with Crippen molar-refractivity contribution in [2.24, 2.45) is 0 Å². The minimum Gasteiger partial charge on any atom is -0.508 e. The average Bonchev–Trinajstić information content (AvgIpc) is 2.54. The number of phenolic OH excluding ortho intramolecular Hbond substituents is 1. The third-order valence-electron chi connectivity index (χ3n) is 2.71. The maximum atomic E-state index is 11.6. The van der Waals surface area contributed by atoms with Crippen LogP contribution in [0.4, 0.5) is 5.69 Å². The Morgan fingerprint density at radius 3 is 2.32 bits per heavy atom. The van der Waals surface area contributed by atoms with E-state index < -0.39 is 0 Å². The summed E-state index contributed by atoms with van der Waals surface area (Å²) in [5, 5.41) is 14.2. The van der Waals surface area contributed by atoms with Crippen LogP contribution in [0.1, 0.15) is 0 Å². The molecule has 2 amide bonds. The van der Waals surface area contributed by atoms with E-state index in [-0.39, 0.29) is 30.7 Å². The number of amides is 2. The van der Waals surface area contributed by atoms with E-state index in [9.17, 15) is 9.59 Å². The number of rotatable bonds is 6. The summed E-state index contributed by atoms with van der Waals surface area (Å²) in [6.45, 7) is -0.311. The predicted molar refractivity (Wildman–Crippen MR) is 81.7 cm³/mol. The van der Waals surface area contributed by atoms with Crippen molar-refractivity contribution in [2.45, 2.75) is 0 Å². The van der Waals surface area contributed by atoms with Gasteiger partial charge in [-0.15, -0.1) is 0 Å². The fourth-order valence-corrected chi connectivity index (χ4v) is 1.65. The summed E-state index contributed by atoms with van der Waals surface area (Å²) in [4.78, 5) is 23.2. The molecule has 6 nitrogen and oxygen atoms in total. The lowest BCUT2D eigenvalue weighted by Gasteiger charge is -2.08. The smallest absolute Gasteiger partial charge is 0.258 e. The minimum absolute atomic E-state index is 0.115. The van der Waals surface area contributed by atoms with E-state index in [1.54, 1.807) is 36.4 Å². The standard InChI is InChI=1S/C16H16N2O4/c19-13-8-6-12(7-9-13)18-15(20)10-17-16(21)11-22-14-4-2-1-3-5-14/h1-9,19H,10-11H2,(H,17,21)(H,18,20). The first-order valence-corrected chi connectivity index (χ1v) is 6.67. The first-order valence-electron chi connectivity index (χ1n) is 6.67. The topological polar surface area (TPSA) is 87.7 Å². The van der Waals surface area contributed by atoms with Crippen molar-refractivity contribution in [1.29, 1.82) is 0 Å². The van der Waals surface area contributed by atoms with Crippen LogP contribution in [0.25, 0.3) is 0 Å². The number of phenols is 1. The number of hydrogen-bond donors (Lipinski definition) is 3. The van der Waals surface area contributed by atoms with Gasteiger partial charge in [0.05, 0.1) is 6.54 Å². The molecule has 0 atom stereocenters. The van der Waals surface area contributed by atoms with Crippen molar-refractivity contribution in [1.82, 2.24) is 5.32 Å². The van der Waals surface area contributed by atoms with Gasteiger partial charge in [0.15, 0.2) is 6.61 Å². The van der Waals surface area contributed by atoms with Gasteiger partial charge in [-0.3, -0.25) is 9.59 Å². The summed E-state index contributed by atoms with van der Waals surface area (Å²) in [5.41, 5.74) is 0.539. The lowest BCUT2D eigenvalue weighted by atomic mass is 10.3. The summed E-state index contributed by atoms with van der Waals surface area (Å²) in [6, 6.07) is 15.0. The highest BCUT2D eigenvalue weighted by atomic mass is 16.5. The molecule has 0 saturated heterocycles. The van der Waals surface area contributed by atoms with E-state index in [0.29, 0.717) is 11.4 Å². The van der Waals surface area contributed by atoms with Crippen LogP contribution in [0.5, 0.6) is 11.5 Å². The Morgan fingerprint density at radius 2 is 1.64 bits per heavy atom. The number of ether oxygens (including phenoxy) is 1. The molecule has 2 aromatic rings. The van der Waals surface area contributed by atoms with Gasteiger partial charge in [0, 0.05) is 5.69 Å². The van der Waals surface area contributed by atoms with E-state index in [1.165, 1.54) is 12.1 Å². The van der Waals surface area contributed by atoms with Crippen LogP contribution >= 0.6 is 0 Å². The molecular formula is C16H16N2O4. The minimum atomic E-state index is -0.385. The van der Waals surface area contributed by atoms with Gasteiger partial charge in [-0.1, -0.05) is 18.2 Å². The quantitative estimate of drug-likeness (QED) is 0.706. The van der Waals surface area contributed by atoms with E-state index in [1.807, 2.05) is 6.07 Å². The fraction of sp³-hybridized carbons (Fsp3) is 0.125. The first-order chi connectivity index (χ1) is 10.6. The summed E-state index contributed by atoms with van der Waals surface area (Å²) in [5.74, 6) is -0.0426. The Morgan fingerprint density at radius 1 is 0.955 bits per heavy atom. The molecule has 0 saturated carbocycles. The number of carbonyl (C=O) groups is 2. The number of anilines is 1. The highest BCUT2D eigenvalue weighted by Gasteiger charge is 2.06. The SMILES string of the molecule is O=C(COc1ccccc1)NCC(=O)Nc1ccc(O)cc1. The molecule has 0 aliphatic carbocycles. The number of hydrogen-bond acceptors (Lipinski definition) is 4. The highest BCUT2D eigenvalue weighted by molar-refractivity contribution is 5.94. The van der Waals surface area contributed by atoms with Crippen molar-refractivity contribution < 1.29 is 19.4 Å². The molecule has 2 aromatic carbocycles. The molecule has 0 unspecified atom stereocenters. The van der Waals surface area contributed by atoms with Gasteiger partial charge in [0.2, 0.25) is 5.91 Å². The third kappa shape index (κ3) is 5.16. The van der Waals surface area contributed by atoms with Crippen LogP contribution in [0.2, 0.25) is 0 Å². The molecule has 0 heterocycles. The summed E-state index contributed by atoms with van der Waals surface area (Å²) >= 11 is 0. The molecular weight excluding hydrogens is 284 g/mol. The van der Waals surface area contributed by atoms with Crippen LogP contribution < -0.4 is 15.4 Å². The highest BCUT2D eigenvalue weighted by Crippen LogP contribution is 2.13. The Balaban J connectivity index is 1.69. The zero-order valence-corrected chi connectivity index (χ0v) is 11.8. The summed E-state index contributed by atoms with van der Waals surface area (Å²) in [7, 11) is 0. The van der Waals surface area contributed by atoms with Gasteiger partial charge in [0.25, 0.3) is 5.91 Å². The Kier molecular flexibility index (Phi) is 5.37. The number of para-hydroxylation sites is 1. The number of nitrogens with one attached hydrogen (secondary N) is 2. The molecule has 22 heavy (non-hydrogen) atoms. The normalized spacial score (nSPS) is 9.82. The van der Waals surface area contributed by atoms with Crippen LogP contribution in [-0.2, 0) is 9.59 Å². The Bertz CT molecular complexity index is 626. The Labute approximate surface area is 127 Å². The van der Waals surface area contributed by atoms with E-state index in [2.05, 4.69) is 10.6 Å². The average molecular weight is 300 g/mol. The largest absolute Gasteiger partial charge is 0.508 e. The second-order valence-electron chi connectivity index (χ2n) is 4.47. The monoisotopic (exact) mass is 300 g/mol. The molecule has 0 radical (unpaired) electrons. The molecule has 0 aliphatic heterocycles. The molecule has 114 valence electrons. The van der Waals surface area contributed by atoms with Gasteiger partial charge in [-0.05, 0) is 36.4 Å². The van der Waals surface area contributed by atoms with Crippen LogP contribution in [0, 0.1) is 0 Å². The van der Waals surface area contributed by atoms with Gasteiger partial charge in [-0.2, -0.15) is 0 Å². The zero-order valence-electron chi connectivity index (χ0n) is 11.8. The lowest BCUT2D eigenvalue weighted by Crippen LogP contribution is -2.35. The van der Waals surface area contributed by atoms with Crippen molar-refractivity contribution in [3.63, 3.8) is 0 Å². The van der Waals surface area contributed by atoms with E-state index in [4.69, 9.17) is 9.84 Å². The molecule has 2 rings (SSSR count). The Hall–Kier alpha value is -3.02. The molecule has 0 bridgehead atoms. The second-order valence-corrected chi connectivity index (χ2v) is 4.47. The maximum Gasteiger partial charge on any atom is 0.258 e. The maximum absolute atomic E-state index is 11.6. The van der Waals surface area contributed by atoms with Crippen molar-refractivity contribution in [3.05, 3.63) is 54.6 Å². The third-order valence-corrected chi connectivity index (χ3v) is 2.71. The van der Waals surface area contributed by atoms with E-state index >= 15 is 0 Å². The molecule has 0 fully saturated rings. The molecule has 0 aliphatic rings. The van der Waals surface area contributed by atoms with Crippen LogP contribution in [-0.4, -0.2) is 30.1 Å². The zero-order chi connectivity index (χ0) is 15.8. The van der Waals surface area contributed by atoms with Crippen molar-refractivity contribution in [3.8, 4) is 11.5 Å². The van der Waals surface area contributed by atoms with Gasteiger partial charge in [-0.25, -0.2) is 0 Å². The van der Waals surface area contributed by atoms with Gasteiger partial charge < -0.3 is 20.5 Å². The fourth-order valence-electron chi connectivity index (χ4n) is 1.65. The molecule has 3 N–H and O–H groups in total. The van der Waals surface area contributed by atoms with E-state index in [0.717, 1.165) is 0 Å². The van der Waals surface area contributed by atoms with Crippen molar-refractivity contribution >= 4 is 17.5 Å². The predicted octanol–water partition coefficient (Wildman–Crippen LogP) is 1.53. The number of carbonyl (C=O) groups excluding carboxylic acids is 2. The summed E-state index contributed by atoms with van der Waals surface area (Å²) < 4.78 is 5.26. The van der Waals surface area contributed by atoms with Crippen LogP contribution in [0.3, 0.4) is 0 Å². The molecule has 0 spiro atoms. The van der Waals surface area contributed by atoms with Crippen molar-refractivity contribution in [2.75, 3.05) is 18.5 Å². The molecule has 6 heteroatoms. The lowest BCUT2D eigenvalue weighted by molar-refractivity contribution is -0.125. The molecule has 0 aromatic heterocycles. The number of benzene rings is 2. The van der Waals surface area contributed by atoms with Gasteiger partial charge in [0.1, 0.15) is 11.5 Å². The first kappa shape index (κ1) is 15.4. The van der Waals surface area contributed by atoms with Gasteiger partial charge >= 0.3 is 0 Å². The summed E-state index contributed by atoms with van der Waals surface area (Å²) in [6.07, 6.45) is 0. The number of aromatic hydroxyl groups is 1.